The average molecular weight is 403 g/mol. The van der Waals surface area contributed by atoms with E-state index in [4.69, 9.17) is 4.99 Å². The standard InChI is InChI=1S/C21H34N6S/c1-3-22-21(24-16-17(2)15-18-9-8-14-28-18)23-12-7-11-20-26-25-19-10-5-4-6-13-27(19)20/h8-9,14,17H,3-7,10-13,15-16H2,1-2H3,(H2,22,23,24). The van der Waals surface area contributed by atoms with E-state index in [1.54, 1.807) is 0 Å². The molecule has 3 heterocycles. The third kappa shape index (κ3) is 6.33. The number of rotatable bonds is 9. The molecule has 28 heavy (non-hydrogen) atoms. The van der Waals surface area contributed by atoms with Gasteiger partial charge in [0.15, 0.2) is 5.96 Å². The summed E-state index contributed by atoms with van der Waals surface area (Å²) in [4.78, 5) is 6.22. The SMILES string of the molecule is CCNC(=NCC(C)Cc1cccs1)NCCCc1nnc2n1CCCCC2. The van der Waals surface area contributed by atoms with Gasteiger partial charge < -0.3 is 15.2 Å². The quantitative estimate of drug-likeness (QED) is 0.383. The second-order valence-electron chi connectivity index (χ2n) is 7.63. The molecule has 1 unspecified atom stereocenters. The smallest absolute Gasteiger partial charge is 0.191 e. The van der Waals surface area contributed by atoms with Crippen LogP contribution in [-0.4, -0.2) is 40.4 Å². The highest BCUT2D eigenvalue weighted by molar-refractivity contribution is 7.09. The second kappa shape index (κ2) is 11.2. The molecule has 7 heteroatoms. The number of nitrogens with one attached hydrogen (secondary N) is 2. The van der Waals surface area contributed by atoms with Gasteiger partial charge in [0.1, 0.15) is 11.6 Å². The Balaban J connectivity index is 1.42. The van der Waals surface area contributed by atoms with E-state index < -0.39 is 0 Å². The molecule has 0 spiro atoms. The van der Waals surface area contributed by atoms with Gasteiger partial charge in [0.2, 0.25) is 0 Å². The van der Waals surface area contributed by atoms with Crippen LogP contribution in [0.1, 0.15) is 56.1 Å². The molecule has 0 saturated heterocycles. The number of aryl methyl sites for hydroxylation is 2. The number of hydrogen-bond donors (Lipinski definition) is 2. The van der Waals surface area contributed by atoms with E-state index in [-0.39, 0.29) is 0 Å². The molecule has 154 valence electrons. The number of aliphatic imine (C=N–C) groups is 1. The maximum Gasteiger partial charge on any atom is 0.191 e. The summed E-state index contributed by atoms with van der Waals surface area (Å²) in [6.45, 7) is 8.07. The Labute approximate surface area is 172 Å². The fraction of sp³-hybridized carbons (Fsp3) is 0.667. The van der Waals surface area contributed by atoms with Crippen molar-refractivity contribution in [3.05, 3.63) is 34.0 Å². The van der Waals surface area contributed by atoms with Crippen molar-refractivity contribution in [3.63, 3.8) is 0 Å². The Kier molecular flexibility index (Phi) is 8.33. The van der Waals surface area contributed by atoms with Gasteiger partial charge in [-0.1, -0.05) is 19.4 Å². The molecular formula is C21H34N6S. The van der Waals surface area contributed by atoms with E-state index in [9.17, 15) is 0 Å². The Morgan fingerprint density at radius 1 is 1.29 bits per heavy atom. The van der Waals surface area contributed by atoms with Crippen LogP contribution in [0.15, 0.2) is 22.5 Å². The normalized spacial score (nSPS) is 15.7. The van der Waals surface area contributed by atoms with Gasteiger partial charge in [0, 0.05) is 43.9 Å². The largest absolute Gasteiger partial charge is 0.357 e. The molecule has 6 nitrogen and oxygen atoms in total. The number of fused-ring (bicyclic) bond motifs is 1. The summed E-state index contributed by atoms with van der Waals surface area (Å²) < 4.78 is 2.35. The lowest BCUT2D eigenvalue weighted by Gasteiger charge is -2.13. The summed E-state index contributed by atoms with van der Waals surface area (Å²) in [6.07, 6.45) is 7.97. The van der Waals surface area contributed by atoms with E-state index in [2.05, 4.69) is 56.8 Å². The third-order valence-electron chi connectivity index (χ3n) is 5.09. The second-order valence-corrected chi connectivity index (χ2v) is 8.67. The molecule has 1 aliphatic heterocycles. The molecule has 0 aliphatic carbocycles. The molecule has 2 N–H and O–H groups in total. The summed E-state index contributed by atoms with van der Waals surface area (Å²) in [5.74, 6) is 3.78. The van der Waals surface area contributed by atoms with Gasteiger partial charge in [-0.15, -0.1) is 21.5 Å². The first-order valence-corrected chi connectivity index (χ1v) is 11.6. The van der Waals surface area contributed by atoms with Crippen molar-refractivity contribution in [2.24, 2.45) is 10.9 Å². The number of guanidine groups is 1. The van der Waals surface area contributed by atoms with Crippen LogP contribution < -0.4 is 10.6 Å². The van der Waals surface area contributed by atoms with Gasteiger partial charge in [-0.2, -0.15) is 0 Å². The number of hydrogen-bond acceptors (Lipinski definition) is 4. The Morgan fingerprint density at radius 3 is 3.04 bits per heavy atom. The summed E-state index contributed by atoms with van der Waals surface area (Å²) in [6, 6.07) is 4.33. The monoisotopic (exact) mass is 402 g/mol. The minimum atomic E-state index is 0.542. The average Bonchev–Trinajstić information content (AvgIpc) is 3.27. The number of nitrogens with zero attached hydrogens (tertiary/aromatic N) is 4. The zero-order chi connectivity index (χ0) is 19.6. The van der Waals surface area contributed by atoms with E-state index in [1.165, 1.54) is 30.0 Å². The molecule has 3 rings (SSSR count). The molecule has 1 atom stereocenters. The van der Waals surface area contributed by atoms with Gasteiger partial charge in [0.25, 0.3) is 0 Å². The van der Waals surface area contributed by atoms with Crippen LogP contribution >= 0.6 is 11.3 Å². The molecule has 0 saturated carbocycles. The van der Waals surface area contributed by atoms with Gasteiger partial charge in [-0.25, -0.2) is 0 Å². The van der Waals surface area contributed by atoms with Crippen molar-refractivity contribution in [2.75, 3.05) is 19.6 Å². The predicted octanol–water partition coefficient (Wildman–Crippen LogP) is 3.43. The van der Waals surface area contributed by atoms with Gasteiger partial charge >= 0.3 is 0 Å². The highest BCUT2D eigenvalue weighted by Crippen LogP contribution is 2.15. The van der Waals surface area contributed by atoms with Crippen molar-refractivity contribution in [1.82, 2.24) is 25.4 Å². The van der Waals surface area contributed by atoms with Crippen LogP contribution in [0.25, 0.3) is 0 Å². The fourth-order valence-electron chi connectivity index (χ4n) is 3.61. The van der Waals surface area contributed by atoms with Crippen LogP contribution in [0.4, 0.5) is 0 Å². The molecule has 0 fully saturated rings. The molecule has 1 aliphatic rings. The predicted molar refractivity (Wildman–Crippen MR) is 117 cm³/mol. The van der Waals surface area contributed by atoms with Gasteiger partial charge in [-0.3, -0.25) is 4.99 Å². The van der Waals surface area contributed by atoms with E-state index in [0.29, 0.717) is 5.92 Å². The molecule has 0 amide bonds. The molecule has 2 aromatic heterocycles. The maximum atomic E-state index is 4.78. The Bertz CT molecular complexity index is 721. The highest BCUT2D eigenvalue weighted by atomic mass is 32.1. The summed E-state index contributed by atoms with van der Waals surface area (Å²) in [5, 5.41) is 17.8. The fourth-order valence-corrected chi connectivity index (χ4v) is 4.48. The lowest BCUT2D eigenvalue weighted by atomic mass is 10.1. The summed E-state index contributed by atoms with van der Waals surface area (Å²) in [5.41, 5.74) is 0. The van der Waals surface area contributed by atoms with Gasteiger partial charge in [0.05, 0.1) is 0 Å². The molecular weight excluding hydrogens is 368 g/mol. The van der Waals surface area contributed by atoms with E-state index in [1.807, 2.05) is 11.3 Å². The minimum absolute atomic E-state index is 0.542. The van der Waals surface area contributed by atoms with Gasteiger partial charge in [-0.05, 0) is 50.0 Å². The summed E-state index contributed by atoms with van der Waals surface area (Å²) >= 11 is 1.83. The van der Waals surface area contributed by atoms with Crippen LogP contribution in [0.5, 0.6) is 0 Å². The van der Waals surface area contributed by atoms with Crippen molar-refractivity contribution in [1.29, 1.82) is 0 Å². The maximum absolute atomic E-state index is 4.78. The minimum Gasteiger partial charge on any atom is -0.357 e. The first-order chi connectivity index (χ1) is 13.8. The van der Waals surface area contributed by atoms with Crippen molar-refractivity contribution in [3.8, 4) is 0 Å². The molecule has 0 radical (unpaired) electrons. The van der Waals surface area contributed by atoms with Crippen molar-refractivity contribution >= 4 is 17.3 Å². The summed E-state index contributed by atoms with van der Waals surface area (Å²) in [7, 11) is 0. The highest BCUT2D eigenvalue weighted by Gasteiger charge is 2.14. The van der Waals surface area contributed by atoms with Crippen LogP contribution in [0.3, 0.4) is 0 Å². The Morgan fingerprint density at radius 2 is 2.21 bits per heavy atom. The van der Waals surface area contributed by atoms with E-state index in [0.717, 1.165) is 63.6 Å². The first-order valence-electron chi connectivity index (χ1n) is 10.7. The lowest BCUT2D eigenvalue weighted by Crippen LogP contribution is -2.38. The number of thiophene rings is 1. The van der Waals surface area contributed by atoms with Crippen molar-refractivity contribution < 1.29 is 0 Å². The zero-order valence-corrected chi connectivity index (χ0v) is 18.1. The zero-order valence-electron chi connectivity index (χ0n) is 17.3. The van der Waals surface area contributed by atoms with Crippen LogP contribution in [0, 0.1) is 5.92 Å². The lowest BCUT2D eigenvalue weighted by molar-refractivity contribution is 0.588. The van der Waals surface area contributed by atoms with E-state index >= 15 is 0 Å². The topological polar surface area (TPSA) is 67.1 Å². The van der Waals surface area contributed by atoms with Crippen LogP contribution in [-0.2, 0) is 25.8 Å². The molecule has 2 aromatic rings. The molecule has 0 bridgehead atoms. The molecule has 0 aromatic carbocycles. The number of aromatic nitrogens is 3. The van der Waals surface area contributed by atoms with Crippen LogP contribution in [0.2, 0.25) is 0 Å². The Hall–Kier alpha value is -1.89. The first kappa shape index (κ1) is 20.8. The van der Waals surface area contributed by atoms with Crippen molar-refractivity contribution in [2.45, 2.75) is 65.3 Å². The third-order valence-corrected chi connectivity index (χ3v) is 5.99.